The monoisotopic (exact) mass is 425 g/mol. The molecule has 0 radical (unpaired) electrons. The molecule has 0 saturated heterocycles. The molecule has 6 heteroatoms. The molecule has 0 fully saturated rings. The van der Waals surface area contributed by atoms with Gasteiger partial charge < -0.3 is 13.9 Å². The van der Waals surface area contributed by atoms with Gasteiger partial charge in [-0.1, -0.05) is 79.6 Å². The number of hydrogen-bond donors (Lipinski definition) is 0. The van der Waals surface area contributed by atoms with Crippen LogP contribution in [-0.2, 0) is 9.09 Å². The molecule has 0 spiro atoms. The molecule has 0 N–H and O–H groups in total. The molecule has 0 heterocycles. The zero-order valence-corrected chi connectivity index (χ0v) is 20.4. The third kappa shape index (κ3) is 20.8. The number of rotatable bonds is 18. The van der Waals surface area contributed by atoms with Gasteiger partial charge in [0, 0.05) is 0 Å². The zero-order chi connectivity index (χ0) is 21.7. The molecule has 4 nitrogen and oxygen atoms in total. The fraction of sp³-hybridized carbons (Fsp3) is 1.00. The lowest BCUT2D eigenvalue weighted by Crippen LogP contribution is -2.50. The number of nitrogens with zero attached hydrogens (tertiary/aromatic N) is 1. The Morgan fingerprint density at radius 2 is 1.04 bits per heavy atom. The summed E-state index contributed by atoms with van der Waals surface area (Å²) in [6.07, 6.45) is 14.6. The van der Waals surface area contributed by atoms with Crippen molar-refractivity contribution < 1.29 is 22.7 Å². The van der Waals surface area contributed by atoms with E-state index in [2.05, 4.69) is 32.2 Å². The van der Waals surface area contributed by atoms with Crippen molar-refractivity contribution >= 4 is 7.91 Å². The van der Waals surface area contributed by atoms with Crippen molar-refractivity contribution in [1.29, 1.82) is 0 Å². The van der Waals surface area contributed by atoms with E-state index < -0.39 is 7.91 Å². The van der Waals surface area contributed by atoms with Crippen molar-refractivity contribution in [2.24, 2.45) is 0 Å². The molecule has 0 aliphatic heterocycles. The maximum absolute atomic E-state index is 11.7. The second-order valence-electron chi connectivity index (χ2n) is 7.97. The molecular weight excluding hydrogens is 376 g/mol. The van der Waals surface area contributed by atoms with E-state index in [4.69, 9.17) is 0 Å². The average molecular weight is 426 g/mol. The van der Waals surface area contributed by atoms with Crippen molar-refractivity contribution in [3.63, 3.8) is 0 Å². The second kappa shape index (κ2) is 20.3. The Hall–Kier alpha value is 0.0400. The summed E-state index contributed by atoms with van der Waals surface area (Å²) in [6, 6.07) is 0. The summed E-state index contributed by atoms with van der Waals surface area (Å²) in [4.78, 5) is 9.80. The largest absolute Gasteiger partial charge is 0.753 e. The van der Waals surface area contributed by atoms with E-state index >= 15 is 0 Å². The Morgan fingerprint density at radius 3 is 1.32 bits per heavy atom. The minimum Gasteiger partial charge on any atom is -0.753 e. The molecule has 0 aromatic heterocycles. The van der Waals surface area contributed by atoms with Gasteiger partial charge in [0.15, 0.2) is 0 Å². The van der Waals surface area contributed by atoms with Crippen LogP contribution in [0, 0.1) is 0 Å². The molecule has 0 aromatic rings. The van der Waals surface area contributed by atoms with Crippen molar-refractivity contribution in [3.05, 3.63) is 0 Å². The molecule has 0 aliphatic carbocycles. The third-order valence-corrected chi connectivity index (χ3v) is 5.68. The first kappa shape index (κ1) is 30.2. The first-order valence-corrected chi connectivity index (χ1v) is 13.2. The Morgan fingerprint density at radius 1 is 0.679 bits per heavy atom. The minimum absolute atomic E-state index is 0.0305. The van der Waals surface area contributed by atoms with Crippen LogP contribution < -0.4 is 4.89 Å². The van der Waals surface area contributed by atoms with Crippen LogP contribution in [0.15, 0.2) is 0 Å². The molecular formula is C22H49FNO3P. The summed E-state index contributed by atoms with van der Waals surface area (Å²) >= 11 is 0. The van der Waals surface area contributed by atoms with Crippen molar-refractivity contribution in [1.82, 2.24) is 0 Å². The zero-order valence-electron chi connectivity index (χ0n) is 19.5. The molecule has 0 rings (SSSR count). The lowest BCUT2D eigenvalue weighted by molar-refractivity contribution is -0.929. The van der Waals surface area contributed by atoms with Gasteiger partial charge >= 0.3 is 7.91 Å². The summed E-state index contributed by atoms with van der Waals surface area (Å²) in [5.74, 6) is 0. The van der Waals surface area contributed by atoms with Crippen LogP contribution in [-0.4, -0.2) is 37.3 Å². The van der Waals surface area contributed by atoms with Crippen LogP contribution in [0.1, 0.15) is 112 Å². The highest BCUT2D eigenvalue weighted by Gasteiger charge is 2.24. The first-order chi connectivity index (χ1) is 13.3. The van der Waals surface area contributed by atoms with Gasteiger partial charge in [0.1, 0.15) is 0 Å². The van der Waals surface area contributed by atoms with Crippen LogP contribution in [0.4, 0.5) is 4.20 Å². The Labute approximate surface area is 175 Å². The molecule has 0 aliphatic rings. The normalized spacial score (nSPS) is 13.7. The van der Waals surface area contributed by atoms with Gasteiger partial charge in [-0.2, -0.15) is 4.20 Å². The SMILES string of the molecule is CCCCCCOP(=O)([O-])F.CCCC[N+](CCCC)(CCCC)CCCC. The smallest absolute Gasteiger partial charge is 0.307 e. The van der Waals surface area contributed by atoms with Crippen LogP contribution in [0.5, 0.6) is 0 Å². The lowest BCUT2D eigenvalue weighted by atomic mass is 10.1. The summed E-state index contributed by atoms with van der Waals surface area (Å²) in [5.41, 5.74) is 0. The van der Waals surface area contributed by atoms with Gasteiger partial charge in [-0.25, -0.2) is 0 Å². The topological polar surface area (TPSA) is 49.4 Å². The van der Waals surface area contributed by atoms with Crippen molar-refractivity contribution in [2.45, 2.75) is 112 Å². The second-order valence-corrected chi connectivity index (χ2v) is 9.09. The van der Waals surface area contributed by atoms with Crippen molar-refractivity contribution in [2.75, 3.05) is 32.8 Å². The van der Waals surface area contributed by atoms with E-state index in [0.29, 0.717) is 6.42 Å². The highest BCUT2D eigenvalue weighted by molar-refractivity contribution is 7.45. The summed E-state index contributed by atoms with van der Waals surface area (Å²) in [7, 11) is -4.96. The van der Waals surface area contributed by atoms with Crippen LogP contribution in [0.25, 0.3) is 0 Å². The summed E-state index contributed by atoms with van der Waals surface area (Å²) < 4.78 is 26.8. The van der Waals surface area contributed by atoms with E-state index in [1.165, 1.54) is 82.0 Å². The molecule has 0 amide bonds. The number of unbranched alkanes of at least 4 members (excludes halogenated alkanes) is 7. The summed E-state index contributed by atoms with van der Waals surface area (Å²) in [6.45, 7) is 17.0. The van der Waals surface area contributed by atoms with E-state index in [0.717, 1.165) is 19.3 Å². The molecule has 0 saturated carbocycles. The van der Waals surface area contributed by atoms with E-state index in [-0.39, 0.29) is 6.61 Å². The Kier molecular flexibility index (Phi) is 21.9. The standard InChI is InChI=1S/C16H36N.C6H14FO3P/c1-5-9-13-17(14-10-6-2,15-11-7-3)16-12-8-4;1-2-3-4-5-6-10-11(7,8)9/h5-16H2,1-4H3;2-6H2,1H3,(H,8,9)/q+1;/p-1. The molecule has 1 unspecified atom stereocenters. The van der Waals surface area contributed by atoms with Crippen LogP contribution >= 0.6 is 7.91 Å². The maximum atomic E-state index is 11.7. The van der Waals surface area contributed by atoms with E-state index in [1.807, 2.05) is 6.92 Å². The highest BCUT2D eigenvalue weighted by atomic mass is 31.2. The van der Waals surface area contributed by atoms with Crippen LogP contribution in [0.3, 0.4) is 0 Å². The lowest BCUT2D eigenvalue weighted by Gasteiger charge is -2.39. The highest BCUT2D eigenvalue weighted by Crippen LogP contribution is 2.38. The number of halogens is 1. The van der Waals surface area contributed by atoms with Gasteiger partial charge in [0.25, 0.3) is 0 Å². The minimum atomic E-state index is -4.96. The van der Waals surface area contributed by atoms with Gasteiger partial charge in [-0.3, -0.25) is 4.57 Å². The quantitative estimate of drug-likeness (QED) is 0.135. The molecule has 0 aromatic carbocycles. The number of quaternary nitrogens is 1. The molecule has 1 atom stereocenters. The fourth-order valence-corrected chi connectivity index (χ4v) is 3.69. The van der Waals surface area contributed by atoms with Gasteiger partial charge in [0.2, 0.25) is 0 Å². The predicted molar refractivity (Wildman–Crippen MR) is 118 cm³/mol. The molecule has 0 bridgehead atoms. The maximum Gasteiger partial charge on any atom is 0.307 e. The van der Waals surface area contributed by atoms with Crippen LogP contribution in [0.2, 0.25) is 0 Å². The first-order valence-electron chi connectivity index (χ1n) is 11.8. The van der Waals surface area contributed by atoms with Gasteiger partial charge in [-0.05, 0) is 32.1 Å². The Balaban J connectivity index is 0. The van der Waals surface area contributed by atoms with E-state index in [9.17, 15) is 13.7 Å². The number of hydrogen-bond acceptors (Lipinski definition) is 3. The Bertz CT molecular complexity index is 326. The predicted octanol–water partition coefficient (Wildman–Crippen LogP) is 7.02. The van der Waals surface area contributed by atoms with Gasteiger partial charge in [0.05, 0.1) is 32.8 Å². The molecule has 172 valence electrons. The fourth-order valence-electron chi connectivity index (χ4n) is 3.35. The third-order valence-electron chi connectivity index (χ3n) is 5.19. The van der Waals surface area contributed by atoms with Gasteiger partial charge in [-0.15, -0.1) is 0 Å². The van der Waals surface area contributed by atoms with Crippen molar-refractivity contribution in [3.8, 4) is 0 Å². The average Bonchev–Trinajstić information content (AvgIpc) is 2.66. The molecule has 28 heavy (non-hydrogen) atoms. The summed E-state index contributed by atoms with van der Waals surface area (Å²) in [5, 5.41) is 0. The van der Waals surface area contributed by atoms with E-state index in [1.54, 1.807) is 0 Å².